The molecule has 1 aromatic rings. The number of anilines is 1. The van der Waals surface area contributed by atoms with Crippen molar-refractivity contribution in [2.75, 3.05) is 4.72 Å². The van der Waals surface area contributed by atoms with Crippen LogP contribution in [0.25, 0.3) is 0 Å². The fourth-order valence-corrected chi connectivity index (χ4v) is 2.80. The molecule has 6 nitrogen and oxygen atoms in total. The van der Waals surface area contributed by atoms with E-state index in [2.05, 4.69) is 9.71 Å². The summed E-state index contributed by atoms with van der Waals surface area (Å²) >= 11 is 0. The average molecular weight is 256 g/mol. The summed E-state index contributed by atoms with van der Waals surface area (Å²) in [7, 11) is -3.31. The molecule has 1 aromatic heterocycles. The van der Waals surface area contributed by atoms with Gasteiger partial charge in [-0.15, -0.1) is 0 Å². The zero-order valence-electron chi connectivity index (χ0n) is 8.96. The van der Waals surface area contributed by atoms with E-state index in [1.165, 1.54) is 18.3 Å². The number of hydrogen-bond acceptors (Lipinski definition) is 4. The van der Waals surface area contributed by atoms with Crippen molar-refractivity contribution in [2.45, 2.75) is 24.5 Å². The number of aliphatic carboxylic acids is 1. The number of carbonyl (C=O) groups is 1. The second-order valence-corrected chi connectivity index (χ2v) is 5.91. The van der Waals surface area contributed by atoms with Gasteiger partial charge < -0.3 is 5.11 Å². The Labute approximate surface area is 98.7 Å². The number of aromatic nitrogens is 1. The molecule has 0 aromatic carbocycles. The van der Waals surface area contributed by atoms with Crippen molar-refractivity contribution < 1.29 is 18.3 Å². The maximum absolute atomic E-state index is 11.6. The van der Waals surface area contributed by atoms with Crippen LogP contribution in [0.5, 0.6) is 0 Å². The highest BCUT2D eigenvalue weighted by molar-refractivity contribution is 7.93. The van der Waals surface area contributed by atoms with Gasteiger partial charge in [-0.05, 0) is 25.0 Å². The van der Waals surface area contributed by atoms with E-state index in [0.717, 1.165) is 0 Å². The van der Waals surface area contributed by atoms with Crippen molar-refractivity contribution in [1.82, 2.24) is 4.98 Å². The van der Waals surface area contributed by atoms with Crippen molar-refractivity contribution in [3.8, 4) is 0 Å². The Morgan fingerprint density at radius 3 is 2.82 bits per heavy atom. The molecule has 92 valence electrons. The Morgan fingerprint density at radius 1 is 1.53 bits per heavy atom. The SMILES string of the molecule is O=C(O)Cc1cc(NS(=O)(=O)C2CC2)ccn1. The molecule has 0 amide bonds. The fraction of sp³-hybridized carbons (Fsp3) is 0.400. The standard InChI is InChI=1S/C10H12N2O4S/c13-10(14)6-8-5-7(3-4-11-8)12-17(15,16)9-1-2-9/h3-5,9H,1-2,6H2,(H,11,12)(H,13,14). The van der Waals surface area contributed by atoms with Gasteiger partial charge in [0.1, 0.15) is 0 Å². The first-order chi connectivity index (χ1) is 7.97. The fourth-order valence-electron chi connectivity index (χ4n) is 1.42. The summed E-state index contributed by atoms with van der Waals surface area (Å²) < 4.78 is 25.7. The summed E-state index contributed by atoms with van der Waals surface area (Å²) in [6.07, 6.45) is 2.53. The number of nitrogens with one attached hydrogen (secondary N) is 1. The van der Waals surface area contributed by atoms with Gasteiger partial charge in [0, 0.05) is 6.20 Å². The lowest BCUT2D eigenvalue weighted by Gasteiger charge is -2.07. The van der Waals surface area contributed by atoms with Crippen molar-refractivity contribution in [3.05, 3.63) is 24.0 Å². The Balaban J connectivity index is 2.13. The molecule has 2 rings (SSSR count). The predicted molar refractivity (Wildman–Crippen MR) is 61.1 cm³/mol. The van der Waals surface area contributed by atoms with Crippen LogP contribution in [0, 0.1) is 0 Å². The minimum Gasteiger partial charge on any atom is -0.481 e. The smallest absolute Gasteiger partial charge is 0.309 e. The largest absolute Gasteiger partial charge is 0.481 e. The summed E-state index contributed by atoms with van der Waals surface area (Å²) in [5.74, 6) is -1.00. The Bertz CT molecular complexity index is 537. The number of sulfonamides is 1. The first kappa shape index (κ1) is 11.8. The number of rotatable bonds is 5. The van der Waals surface area contributed by atoms with Crippen LogP contribution in [0.1, 0.15) is 18.5 Å². The van der Waals surface area contributed by atoms with Crippen molar-refractivity contribution in [2.24, 2.45) is 0 Å². The molecule has 2 N–H and O–H groups in total. The molecule has 0 bridgehead atoms. The molecule has 7 heteroatoms. The Hall–Kier alpha value is -1.63. The quantitative estimate of drug-likeness (QED) is 0.804. The highest BCUT2D eigenvalue weighted by Crippen LogP contribution is 2.29. The number of pyridine rings is 1. The van der Waals surface area contributed by atoms with Crippen molar-refractivity contribution >= 4 is 21.7 Å². The maximum atomic E-state index is 11.6. The molecular formula is C10H12N2O4S. The molecule has 1 aliphatic rings. The van der Waals surface area contributed by atoms with Gasteiger partial charge in [-0.25, -0.2) is 8.42 Å². The molecule has 1 fully saturated rings. The minimum absolute atomic E-state index is 0.223. The van der Waals surface area contributed by atoms with E-state index < -0.39 is 16.0 Å². The normalized spacial score (nSPS) is 15.5. The monoisotopic (exact) mass is 256 g/mol. The number of hydrogen-bond donors (Lipinski definition) is 2. The first-order valence-electron chi connectivity index (χ1n) is 5.16. The molecule has 0 spiro atoms. The molecule has 1 heterocycles. The molecular weight excluding hydrogens is 244 g/mol. The average Bonchev–Trinajstić information content (AvgIpc) is 2.98. The van der Waals surface area contributed by atoms with Gasteiger partial charge >= 0.3 is 5.97 Å². The third-order valence-corrected chi connectivity index (χ3v) is 4.24. The Kier molecular flexibility index (Phi) is 3.01. The zero-order valence-corrected chi connectivity index (χ0v) is 9.77. The van der Waals surface area contributed by atoms with Crippen LogP contribution >= 0.6 is 0 Å². The third-order valence-electron chi connectivity index (χ3n) is 2.37. The lowest BCUT2D eigenvalue weighted by Crippen LogP contribution is -2.17. The zero-order chi connectivity index (χ0) is 12.5. The van der Waals surface area contributed by atoms with Crippen LogP contribution in [0.2, 0.25) is 0 Å². The van der Waals surface area contributed by atoms with Crippen molar-refractivity contribution in [3.63, 3.8) is 0 Å². The summed E-state index contributed by atoms with van der Waals surface area (Å²) in [6, 6.07) is 2.94. The molecule has 0 atom stereocenters. The molecule has 0 unspecified atom stereocenters. The van der Waals surface area contributed by atoms with E-state index in [0.29, 0.717) is 24.2 Å². The predicted octanol–water partition coefficient (Wildman–Crippen LogP) is 0.613. The van der Waals surface area contributed by atoms with Crippen LogP contribution in [0.15, 0.2) is 18.3 Å². The van der Waals surface area contributed by atoms with Crippen LogP contribution in [0.4, 0.5) is 5.69 Å². The highest BCUT2D eigenvalue weighted by atomic mass is 32.2. The lowest BCUT2D eigenvalue weighted by molar-refractivity contribution is -0.136. The highest BCUT2D eigenvalue weighted by Gasteiger charge is 2.35. The van der Waals surface area contributed by atoms with Gasteiger partial charge in [0.2, 0.25) is 10.0 Å². The molecule has 0 aliphatic heterocycles. The maximum Gasteiger partial charge on any atom is 0.309 e. The number of carboxylic acids is 1. The van der Waals surface area contributed by atoms with Gasteiger partial charge in [0.05, 0.1) is 23.1 Å². The molecule has 1 aliphatic carbocycles. The van der Waals surface area contributed by atoms with Gasteiger partial charge in [0.15, 0.2) is 0 Å². The van der Waals surface area contributed by atoms with Crippen LogP contribution in [-0.2, 0) is 21.2 Å². The van der Waals surface area contributed by atoms with E-state index in [1.54, 1.807) is 0 Å². The third kappa shape index (κ3) is 3.16. The van der Waals surface area contributed by atoms with E-state index in [-0.39, 0.29) is 11.7 Å². The number of carboxylic acid groups (broad SMARTS) is 1. The molecule has 1 saturated carbocycles. The van der Waals surface area contributed by atoms with Crippen LogP contribution in [0.3, 0.4) is 0 Å². The molecule has 0 saturated heterocycles. The molecule has 17 heavy (non-hydrogen) atoms. The first-order valence-corrected chi connectivity index (χ1v) is 6.70. The summed E-state index contributed by atoms with van der Waals surface area (Å²) in [5.41, 5.74) is 0.691. The van der Waals surface area contributed by atoms with Gasteiger partial charge in [-0.2, -0.15) is 0 Å². The molecule has 0 radical (unpaired) electrons. The second-order valence-electron chi connectivity index (χ2n) is 3.95. The topological polar surface area (TPSA) is 96.4 Å². The second kappa shape index (κ2) is 4.33. The van der Waals surface area contributed by atoms with Gasteiger partial charge in [-0.3, -0.25) is 14.5 Å². The summed E-state index contributed by atoms with van der Waals surface area (Å²) in [4.78, 5) is 14.4. The van der Waals surface area contributed by atoms with E-state index in [1.807, 2.05) is 0 Å². The van der Waals surface area contributed by atoms with E-state index in [9.17, 15) is 13.2 Å². The van der Waals surface area contributed by atoms with Gasteiger partial charge in [0.25, 0.3) is 0 Å². The van der Waals surface area contributed by atoms with E-state index >= 15 is 0 Å². The minimum atomic E-state index is -3.31. The summed E-state index contributed by atoms with van der Waals surface area (Å²) in [6.45, 7) is 0. The van der Waals surface area contributed by atoms with E-state index in [4.69, 9.17) is 5.11 Å². The van der Waals surface area contributed by atoms with Crippen LogP contribution in [-0.4, -0.2) is 29.7 Å². The van der Waals surface area contributed by atoms with Crippen molar-refractivity contribution in [1.29, 1.82) is 0 Å². The van der Waals surface area contributed by atoms with Crippen LogP contribution < -0.4 is 4.72 Å². The van der Waals surface area contributed by atoms with Gasteiger partial charge in [-0.1, -0.05) is 0 Å². The lowest BCUT2D eigenvalue weighted by atomic mass is 10.2. The Morgan fingerprint density at radius 2 is 2.24 bits per heavy atom. The summed E-state index contributed by atoms with van der Waals surface area (Å²) in [5, 5.41) is 8.30. The number of nitrogens with zero attached hydrogens (tertiary/aromatic N) is 1.